The molecule has 1 aliphatic rings. The van der Waals surface area contributed by atoms with Gasteiger partial charge in [-0.15, -0.1) is 0 Å². The average Bonchev–Trinajstić information content (AvgIpc) is 2.33. The van der Waals surface area contributed by atoms with Crippen molar-refractivity contribution in [2.75, 3.05) is 16.8 Å². The highest BCUT2D eigenvalue weighted by atomic mass is 16.6. The van der Waals surface area contributed by atoms with E-state index in [4.69, 9.17) is 9.84 Å². The predicted molar refractivity (Wildman–Crippen MR) is 84.7 cm³/mol. The van der Waals surface area contributed by atoms with Gasteiger partial charge < -0.3 is 15.2 Å². The number of aromatic carboxylic acids is 1. The number of carboxylic acid groups (broad SMARTS) is 1. The summed E-state index contributed by atoms with van der Waals surface area (Å²) >= 11 is 0. The first kappa shape index (κ1) is 16.1. The standard InChI is InChI=1S/C16H22N2O4/c1-15(2,3)22-14(21)18-9-16(4,5)17-11-8-10(13(19)20)6-7-12(11)18/h6-8,17H,9H2,1-5H3,(H,19,20). The minimum absolute atomic E-state index is 0.174. The van der Waals surface area contributed by atoms with Crippen molar-refractivity contribution in [1.29, 1.82) is 0 Å². The molecule has 1 heterocycles. The summed E-state index contributed by atoms with van der Waals surface area (Å²) in [6.07, 6.45) is -0.439. The summed E-state index contributed by atoms with van der Waals surface area (Å²) in [4.78, 5) is 25.1. The van der Waals surface area contributed by atoms with Crippen molar-refractivity contribution >= 4 is 23.4 Å². The number of amides is 1. The largest absolute Gasteiger partial charge is 0.478 e. The molecule has 2 N–H and O–H groups in total. The van der Waals surface area contributed by atoms with Gasteiger partial charge in [0.25, 0.3) is 0 Å². The summed E-state index contributed by atoms with van der Waals surface area (Å²) in [7, 11) is 0. The maximum Gasteiger partial charge on any atom is 0.414 e. The molecule has 0 aromatic heterocycles. The highest BCUT2D eigenvalue weighted by molar-refractivity contribution is 5.97. The third kappa shape index (κ3) is 3.50. The van der Waals surface area contributed by atoms with E-state index in [0.717, 1.165) is 0 Å². The summed E-state index contributed by atoms with van der Waals surface area (Å²) in [6, 6.07) is 4.65. The Bertz CT molecular complexity index is 617. The molecule has 1 aliphatic heterocycles. The van der Waals surface area contributed by atoms with Gasteiger partial charge in [0.05, 0.1) is 23.5 Å². The molecule has 0 saturated carbocycles. The van der Waals surface area contributed by atoms with Crippen LogP contribution in [0.3, 0.4) is 0 Å². The number of rotatable bonds is 1. The van der Waals surface area contributed by atoms with Crippen LogP contribution in [0.15, 0.2) is 18.2 Å². The Morgan fingerprint density at radius 1 is 1.32 bits per heavy atom. The van der Waals surface area contributed by atoms with Gasteiger partial charge in [-0.25, -0.2) is 9.59 Å². The van der Waals surface area contributed by atoms with Crippen LogP contribution in [0.5, 0.6) is 0 Å². The minimum Gasteiger partial charge on any atom is -0.478 e. The molecule has 1 aromatic carbocycles. The molecule has 0 spiro atoms. The normalized spacial score (nSPS) is 16.5. The van der Waals surface area contributed by atoms with Gasteiger partial charge in [0.15, 0.2) is 0 Å². The fourth-order valence-electron chi connectivity index (χ4n) is 2.37. The number of fused-ring (bicyclic) bond motifs is 1. The lowest BCUT2D eigenvalue weighted by Gasteiger charge is -2.41. The van der Waals surface area contributed by atoms with E-state index < -0.39 is 17.7 Å². The molecule has 1 amide bonds. The quantitative estimate of drug-likeness (QED) is 0.832. The van der Waals surface area contributed by atoms with Crippen LogP contribution >= 0.6 is 0 Å². The first-order chi connectivity index (χ1) is 9.98. The molecule has 2 rings (SSSR count). The predicted octanol–water partition coefficient (Wildman–Crippen LogP) is 3.33. The number of carbonyl (C=O) groups is 2. The zero-order valence-electron chi connectivity index (χ0n) is 13.6. The lowest BCUT2D eigenvalue weighted by molar-refractivity contribution is 0.0572. The molecular weight excluding hydrogens is 284 g/mol. The highest BCUT2D eigenvalue weighted by Gasteiger charge is 2.35. The summed E-state index contributed by atoms with van der Waals surface area (Å²) in [5.41, 5.74) is 0.433. The summed E-state index contributed by atoms with van der Waals surface area (Å²) in [6.45, 7) is 9.76. The Hall–Kier alpha value is -2.24. The van der Waals surface area contributed by atoms with Gasteiger partial charge in [-0.05, 0) is 52.8 Å². The maximum atomic E-state index is 12.4. The van der Waals surface area contributed by atoms with E-state index in [2.05, 4.69) is 5.32 Å². The monoisotopic (exact) mass is 306 g/mol. The fourth-order valence-corrected chi connectivity index (χ4v) is 2.37. The lowest BCUT2D eigenvalue weighted by Crippen LogP contribution is -2.51. The third-order valence-electron chi connectivity index (χ3n) is 3.17. The smallest absolute Gasteiger partial charge is 0.414 e. The number of benzene rings is 1. The second-order valence-corrected chi connectivity index (χ2v) is 7.11. The SMILES string of the molecule is CC1(C)CN(C(=O)OC(C)(C)C)c2ccc(C(=O)O)cc2N1. The summed E-state index contributed by atoms with van der Waals surface area (Å²) in [5, 5.41) is 12.4. The van der Waals surface area contributed by atoms with E-state index in [9.17, 15) is 9.59 Å². The Morgan fingerprint density at radius 3 is 2.50 bits per heavy atom. The number of ether oxygens (including phenoxy) is 1. The number of anilines is 2. The number of carboxylic acids is 1. The van der Waals surface area contributed by atoms with Crippen LogP contribution in [-0.2, 0) is 4.74 Å². The number of carbonyl (C=O) groups excluding carboxylic acids is 1. The van der Waals surface area contributed by atoms with E-state index in [1.54, 1.807) is 11.0 Å². The molecule has 0 unspecified atom stereocenters. The van der Waals surface area contributed by atoms with Crippen molar-refractivity contribution in [3.05, 3.63) is 23.8 Å². The van der Waals surface area contributed by atoms with Crippen LogP contribution in [0.25, 0.3) is 0 Å². The molecule has 0 atom stereocenters. The van der Waals surface area contributed by atoms with Crippen LogP contribution in [0.2, 0.25) is 0 Å². The zero-order valence-corrected chi connectivity index (χ0v) is 13.6. The van der Waals surface area contributed by atoms with Gasteiger partial charge in [0, 0.05) is 5.54 Å². The first-order valence-electron chi connectivity index (χ1n) is 7.15. The van der Waals surface area contributed by atoms with Crippen molar-refractivity contribution in [3.8, 4) is 0 Å². The molecule has 0 radical (unpaired) electrons. The van der Waals surface area contributed by atoms with E-state index in [0.29, 0.717) is 17.9 Å². The van der Waals surface area contributed by atoms with Crippen LogP contribution in [0.1, 0.15) is 45.0 Å². The van der Waals surface area contributed by atoms with Gasteiger partial charge in [-0.1, -0.05) is 0 Å². The van der Waals surface area contributed by atoms with E-state index in [1.165, 1.54) is 12.1 Å². The number of nitrogens with zero attached hydrogens (tertiary/aromatic N) is 1. The lowest BCUT2D eigenvalue weighted by atomic mass is 9.98. The van der Waals surface area contributed by atoms with Crippen molar-refractivity contribution in [2.45, 2.75) is 45.8 Å². The van der Waals surface area contributed by atoms with Gasteiger partial charge >= 0.3 is 12.1 Å². The van der Waals surface area contributed by atoms with Crippen LogP contribution < -0.4 is 10.2 Å². The molecule has 6 heteroatoms. The second kappa shape index (κ2) is 5.19. The average molecular weight is 306 g/mol. The molecule has 1 aromatic rings. The fraction of sp³-hybridized carbons (Fsp3) is 0.500. The molecule has 0 bridgehead atoms. The molecule has 0 aliphatic carbocycles. The Kier molecular flexibility index (Phi) is 3.81. The molecule has 0 fully saturated rings. The molecular formula is C16H22N2O4. The van der Waals surface area contributed by atoms with Gasteiger partial charge in [-0.2, -0.15) is 0 Å². The number of hydrogen-bond acceptors (Lipinski definition) is 4. The molecule has 120 valence electrons. The van der Waals surface area contributed by atoms with E-state index in [-0.39, 0.29) is 11.1 Å². The van der Waals surface area contributed by atoms with Gasteiger partial charge in [0.2, 0.25) is 0 Å². The molecule has 0 saturated heterocycles. The van der Waals surface area contributed by atoms with Crippen molar-refractivity contribution in [1.82, 2.24) is 0 Å². The van der Waals surface area contributed by atoms with Gasteiger partial charge in [-0.3, -0.25) is 4.90 Å². The minimum atomic E-state index is -1.00. The Labute approximate surface area is 130 Å². The summed E-state index contributed by atoms with van der Waals surface area (Å²) in [5.74, 6) is -1.00. The van der Waals surface area contributed by atoms with Crippen molar-refractivity contribution in [3.63, 3.8) is 0 Å². The van der Waals surface area contributed by atoms with Crippen LogP contribution in [0, 0.1) is 0 Å². The summed E-state index contributed by atoms with van der Waals surface area (Å²) < 4.78 is 5.45. The van der Waals surface area contributed by atoms with Crippen molar-refractivity contribution in [2.24, 2.45) is 0 Å². The maximum absolute atomic E-state index is 12.4. The zero-order chi connectivity index (χ0) is 16.7. The van der Waals surface area contributed by atoms with E-state index in [1.807, 2.05) is 34.6 Å². The van der Waals surface area contributed by atoms with Crippen molar-refractivity contribution < 1.29 is 19.4 Å². The number of nitrogens with one attached hydrogen (secondary N) is 1. The topological polar surface area (TPSA) is 78.9 Å². The van der Waals surface area contributed by atoms with Crippen LogP contribution in [-0.4, -0.2) is 34.9 Å². The Balaban J connectivity index is 2.42. The van der Waals surface area contributed by atoms with Crippen LogP contribution in [0.4, 0.5) is 16.2 Å². The van der Waals surface area contributed by atoms with Gasteiger partial charge in [0.1, 0.15) is 5.60 Å². The highest BCUT2D eigenvalue weighted by Crippen LogP contribution is 2.36. The Morgan fingerprint density at radius 2 is 1.95 bits per heavy atom. The first-order valence-corrected chi connectivity index (χ1v) is 7.15. The molecule has 22 heavy (non-hydrogen) atoms. The second-order valence-electron chi connectivity index (χ2n) is 7.11. The third-order valence-corrected chi connectivity index (χ3v) is 3.17. The van der Waals surface area contributed by atoms with E-state index >= 15 is 0 Å². The number of hydrogen-bond donors (Lipinski definition) is 2. The molecule has 6 nitrogen and oxygen atoms in total.